The fraction of sp³-hybridized carbons (Fsp3) is 0.105. The van der Waals surface area contributed by atoms with Gasteiger partial charge in [0.15, 0.2) is 0 Å². The smallest absolute Gasteiger partial charge is 0.244 e. The highest BCUT2D eigenvalue weighted by atomic mass is 16.3. The topological polar surface area (TPSA) is 42.2 Å². The van der Waals surface area contributed by atoms with Crippen LogP contribution in [0.1, 0.15) is 24.3 Å². The van der Waals surface area contributed by atoms with Gasteiger partial charge in [-0.05, 0) is 41.5 Å². The van der Waals surface area contributed by atoms with Crippen LogP contribution in [-0.4, -0.2) is 5.91 Å². The molecule has 3 heteroatoms. The highest BCUT2D eigenvalue weighted by Crippen LogP contribution is 2.23. The van der Waals surface area contributed by atoms with Gasteiger partial charge in [0.05, 0.1) is 12.3 Å². The van der Waals surface area contributed by atoms with Crippen molar-refractivity contribution in [3.05, 3.63) is 78.3 Å². The van der Waals surface area contributed by atoms with Crippen LogP contribution in [0.2, 0.25) is 0 Å². The predicted octanol–water partition coefficient (Wildman–Crippen LogP) is 4.32. The molecule has 3 aromatic rings. The van der Waals surface area contributed by atoms with E-state index in [2.05, 4.69) is 23.5 Å². The molecule has 1 heterocycles. The van der Waals surface area contributed by atoms with Gasteiger partial charge in [0.2, 0.25) is 5.91 Å². The molecule has 0 aliphatic rings. The van der Waals surface area contributed by atoms with E-state index in [-0.39, 0.29) is 11.9 Å². The molecule has 22 heavy (non-hydrogen) atoms. The number of nitrogens with one attached hydrogen (secondary N) is 1. The van der Waals surface area contributed by atoms with E-state index in [9.17, 15) is 4.79 Å². The molecule has 110 valence electrons. The zero-order valence-corrected chi connectivity index (χ0v) is 12.3. The lowest BCUT2D eigenvalue weighted by atomic mass is 10.00. The fourth-order valence-corrected chi connectivity index (χ4v) is 2.51. The van der Waals surface area contributed by atoms with E-state index in [1.807, 2.05) is 31.2 Å². The Morgan fingerprint density at radius 1 is 1.09 bits per heavy atom. The molecule has 3 nitrogen and oxygen atoms in total. The summed E-state index contributed by atoms with van der Waals surface area (Å²) in [4.78, 5) is 12.0. The number of carbonyl (C=O) groups is 1. The molecular formula is C19H17NO2. The number of benzene rings is 2. The molecule has 0 fully saturated rings. The molecule has 0 radical (unpaired) electrons. The average Bonchev–Trinajstić information content (AvgIpc) is 3.06. The Morgan fingerprint density at radius 2 is 1.91 bits per heavy atom. The molecule has 0 saturated heterocycles. The zero-order chi connectivity index (χ0) is 15.4. The molecule has 1 unspecified atom stereocenters. The summed E-state index contributed by atoms with van der Waals surface area (Å²) in [5, 5.41) is 5.32. The normalized spacial score (nSPS) is 12.6. The van der Waals surface area contributed by atoms with Gasteiger partial charge in [0.1, 0.15) is 5.76 Å². The van der Waals surface area contributed by atoms with Crippen LogP contribution in [0.4, 0.5) is 0 Å². The van der Waals surface area contributed by atoms with Gasteiger partial charge in [-0.2, -0.15) is 0 Å². The summed E-state index contributed by atoms with van der Waals surface area (Å²) in [6.07, 6.45) is 4.72. The Kier molecular flexibility index (Phi) is 4.05. The van der Waals surface area contributed by atoms with Gasteiger partial charge >= 0.3 is 0 Å². The van der Waals surface area contributed by atoms with Crippen molar-refractivity contribution in [2.24, 2.45) is 0 Å². The van der Waals surface area contributed by atoms with Crippen LogP contribution >= 0.6 is 0 Å². The predicted molar refractivity (Wildman–Crippen MR) is 88.2 cm³/mol. The highest BCUT2D eigenvalue weighted by Gasteiger charge is 2.10. The Balaban J connectivity index is 1.76. The SMILES string of the molecule is CC(NC(=O)/C=C/c1ccco1)c1cccc2ccccc12. The second-order valence-corrected chi connectivity index (χ2v) is 5.15. The molecular weight excluding hydrogens is 274 g/mol. The first-order valence-corrected chi connectivity index (χ1v) is 7.24. The molecule has 1 amide bonds. The summed E-state index contributed by atoms with van der Waals surface area (Å²) >= 11 is 0. The van der Waals surface area contributed by atoms with E-state index in [1.54, 1.807) is 24.5 Å². The van der Waals surface area contributed by atoms with Crippen LogP contribution < -0.4 is 5.32 Å². The van der Waals surface area contributed by atoms with Gasteiger partial charge in [0, 0.05) is 6.08 Å². The number of rotatable bonds is 4. The highest BCUT2D eigenvalue weighted by molar-refractivity contribution is 5.92. The molecule has 0 aliphatic heterocycles. The van der Waals surface area contributed by atoms with Gasteiger partial charge in [-0.15, -0.1) is 0 Å². The van der Waals surface area contributed by atoms with Crippen molar-refractivity contribution in [1.29, 1.82) is 0 Å². The molecule has 1 atom stereocenters. The molecule has 0 spiro atoms. The summed E-state index contributed by atoms with van der Waals surface area (Å²) in [6.45, 7) is 1.99. The number of hydrogen-bond donors (Lipinski definition) is 1. The second kappa shape index (κ2) is 6.31. The van der Waals surface area contributed by atoms with E-state index >= 15 is 0 Å². The number of carbonyl (C=O) groups excluding carboxylic acids is 1. The summed E-state index contributed by atoms with van der Waals surface area (Å²) in [5.41, 5.74) is 1.11. The van der Waals surface area contributed by atoms with Crippen LogP contribution in [0, 0.1) is 0 Å². The lowest BCUT2D eigenvalue weighted by Crippen LogP contribution is -2.24. The van der Waals surface area contributed by atoms with Gasteiger partial charge in [-0.3, -0.25) is 4.79 Å². The number of furan rings is 1. The molecule has 1 N–H and O–H groups in total. The molecule has 0 aliphatic carbocycles. The van der Waals surface area contributed by atoms with Gasteiger partial charge in [0.25, 0.3) is 0 Å². The maximum atomic E-state index is 12.0. The van der Waals surface area contributed by atoms with Crippen LogP contribution in [0.3, 0.4) is 0 Å². The number of hydrogen-bond acceptors (Lipinski definition) is 2. The van der Waals surface area contributed by atoms with Crippen molar-refractivity contribution in [2.45, 2.75) is 13.0 Å². The van der Waals surface area contributed by atoms with Gasteiger partial charge < -0.3 is 9.73 Å². The maximum absolute atomic E-state index is 12.0. The zero-order valence-electron chi connectivity index (χ0n) is 12.3. The lowest BCUT2D eigenvalue weighted by molar-refractivity contribution is -0.117. The van der Waals surface area contributed by atoms with Crippen LogP contribution in [0.15, 0.2) is 71.4 Å². The van der Waals surface area contributed by atoms with E-state index in [1.165, 1.54) is 11.5 Å². The minimum atomic E-state index is -0.142. The van der Waals surface area contributed by atoms with E-state index in [0.29, 0.717) is 5.76 Å². The van der Waals surface area contributed by atoms with Crippen LogP contribution in [-0.2, 0) is 4.79 Å². The standard InChI is InChI=1S/C19H17NO2/c1-14(20-19(21)12-11-16-8-5-13-22-16)17-10-4-7-15-6-2-3-9-18(15)17/h2-14H,1H3,(H,20,21)/b12-11+. The van der Waals surface area contributed by atoms with Crippen molar-refractivity contribution in [2.75, 3.05) is 0 Å². The van der Waals surface area contributed by atoms with Gasteiger partial charge in [-0.1, -0.05) is 42.5 Å². The Morgan fingerprint density at radius 3 is 2.73 bits per heavy atom. The van der Waals surface area contributed by atoms with Crippen molar-refractivity contribution in [3.8, 4) is 0 Å². The molecule has 0 saturated carbocycles. The van der Waals surface area contributed by atoms with Crippen LogP contribution in [0.5, 0.6) is 0 Å². The molecule has 0 bridgehead atoms. The monoisotopic (exact) mass is 291 g/mol. The first kappa shape index (κ1) is 14.1. The van der Waals surface area contributed by atoms with E-state index < -0.39 is 0 Å². The summed E-state index contributed by atoms with van der Waals surface area (Å²) in [6, 6.07) is 17.8. The fourth-order valence-electron chi connectivity index (χ4n) is 2.51. The molecule has 3 rings (SSSR count). The van der Waals surface area contributed by atoms with Crippen molar-refractivity contribution in [1.82, 2.24) is 5.32 Å². The third-order valence-corrected chi connectivity index (χ3v) is 3.59. The lowest BCUT2D eigenvalue weighted by Gasteiger charge is -2.15. The van der Waals surface area contributed by atoms with Crippen molar-refractivity contribution < 1.29 is 9.21 Å². The second-order valence-electron chi connectivity index (χ2n) is 5.15. The third-order valence-electron chi connectivity index (χ3n) is 3.59. The first-order chi connectivity index (χ1) is 10.7. The van der Waals surface area contributed by atoms with E-state index in [4.69, 9.17) is 4.42 Å². The first-order valence-electron chi connectivity index (χ1n) is 7.24. The molecule has 2 aromatic carbocycles. The van der Waals surface area contributed by atoms with E-state index in [0.717, 1.165) is 10.9 Å². The summed E-state index contributed by atoms with van der Waals surface area (Å²) in [5.74, 6) is 0.518. The number of fused-ring (bicyclic) bond motifs is 1. The van der Waals surface area contributed by atoms with Gasteiger partial charge in [-0.25, -0.2) is 0 Å². The number of amides is 1. The minimum absolute atomic E-state index is 0.0696. The van der Waals surface area contributed by atoms with Crippen LogP contribution in [0.25, 0.3) is 16.8 Å². The average molecular weight is 291 g/mol. The Hall–Kier alpha value is -2.81. The maximum Gasteiger partial charge on any atom is 0.244 e. The summed E-state index contributed by atoms with van der Waals surface area (Å²) < 4.78 is 5.16. The third kappa shape index (κ3) is 3.09. The summed E-state index contributed by atoms with van der Waals surface area (Å²) in [7, 11) is 0. The minimum Gasteiger partial charge on any atom is -0.465 e. The Labute approximate surface area is 129 Å². The van der Waals surface area contributed by atoms with Crippen molar-refractivity contribution in [3.63, 3.8) is 0 Å². The molecule has 1 aromatic heterocycles. The Bertz CT molecular complexity index is 798. The van der Waals surface area contributed by atoms with Crippen molar-refractivity contribution >= 4 is 22.8 Å². The quantitative estimate of drug-likeness (QED) is 0.727. The largest absolute Gasteiger partial charge is 0.465 e.